The summed E-state index contributed by atoms with van der Waals surface area (Å²) in [6.45, 7) is 2.62. The fourth-order valence-electron chi connectivity index (χ4n) is 1.90. The summed E-state index contributed by atoms with van der Waals surface area (Å²) in [6.07, 6.45) is 3.53. The normalized spacial score (nSPS) is 13.0. The average molecular weight is 373 g/mol. The van der Waals surface area contributed by atoms with Gasteiger partial charge in [0.15, 0.2) is 0 Å². The van der Waals surface area contributed by atoms with Crippen molar-refractivity contribution in [3.8, 4) is 0 Å². The first kappa shape index (κ1) is 18.7. The van der Waals surface area contributed by atoms with Crippen LogP contribution in [0, 0.1) is 5.92 Å². The molecule has 0 N–H and O–H groups in total. The zero-order valence-electron chi connectivity index (χ0n) is 11.9. The summed E-state index contributed by atoms with van der Waals surface area (Å²) in [5.41, 5.74) is 0.440. The molecule has 1 unspecified atom stereocenters. The Morgan fingerprint density at radius 1 is 1.43 bits per heavy atom. The third-order valence-corrected chi connectivity index (χ3v) is 4.19. The van der Waals surface area contributed by atoms with Gasteiger partial charge in [0, 0.05) is 18.3 Å². The lowest BCUT2D eigenvalue weighted by molar-refractivity contribution is 0.0587. The topological polar surface area (TPSA) is 48.3 Å². The molecule has 8 heteroatoms. The molecule has 1 aromatic rings. The molecule has 0 radical (unpaired) electrons. The summed E-state index contributed by atoms with van der Waals surface area (Å²) >= 11 is 18.5. The molecule has 0 bridgehead atoms. The van der Waals surface area contributed by atoms with Gasteiger partial charge in [-0.15, -0.1) is 0 Å². The van der Waals surface area contributed by atoms with Gasteiger partial charge in [0.1, 0.15) is 5.69 Å². The van der Waals surface area contributed by atoms with Crippen molar-refractivity contribution >= 4 is 58.3 Å². The number of ether oxygens (including phenoxy) is 1. The van der Waals surface area contributed by atoms with E-state index < -0.39 is 15.5 Å². The first-order valence-electron chi connectivity index (χ1n) is 6.09. The Hall–Kier alpha value is -0.360. The summed E-state index contributed by atoms with van der Waals surface area (Å²) in [5.74, 6) is 0.0298. The van der Waals surface area contributed by atoms with Crippen LogP contribution in [0.15, 0.2) is 12.3 Å². The molecule has 0 saturated heterocycles. The fraction of sp³-hybridized carbons (Fsp3) is 0.538. The van der Waals surface area contributed by atoms with Crippen LogP contribution in [-0.4, -0.2) is 39.2 Å². The number of methoxy groups -OCH3 is 1. The third-order valence-electron chi connectivity index (χ3n) is 2.77. The monoisotopic (exact) mass is 371 g/mol. The Balaban J connectivity index is 3.13. The molecular weight excluding hydrogens is 357 g/mol. The molecule has 0 aliphatic rings. The number of thioether (sulfide) groups is 1. The van der Waals surface area contributed by atoms with Crippen LogP contribution in [0.2, 0.25) is 0 Å². The van der Waals surface area contributed by atoms with Gasteiger partial charge in [-0.05, 0) is 24.0 Å². The molecule has 0 amide bonds. The van der Waals surface area contributed by atoms with E-state index in [4.69, 9.17) is 39.5 Å². The molecule has 1 rings (SSSR count). The van der Waals surface area contributed by atoms with Gasteiger partial charge >= 0.3 is 5.97 Å². The largest absolute Gasteiger partial charge is 0.464 e. The maximum atomic E-state index is 12.0. The highest BCUT2D eigenvalue weighted by Crippen LogP contribution is 2.31. The number of rotatable bonds is 6. The van der Waals surface area contributed by atoms with Gasteiger partial charge in [0.2, 0.25) is 5.78 Å². The molecule has 1 atom stereocenters. The second kappa shape index (κ2) is 7.77. The van der Waals surface area contributed by atoms with Crippen LogP contribution >= 0.6 is 46.6 Å². The lowest BCUT2D eigenvalue weighted by Gasteiger charge is -2.13. The Morgan fingerprint density at radius 2 is 2.05 bits per heavy atom. The van der Waals surface area contributed by atoms with E-state index in [1.807, 2.05) is 13.2 Å². The average Bonchev–Trinajstić information content (AvgIpc) is 2.79. The van der Waals surface area contributed by atoms with Crippen LogP contribution in [0.4, 0.5) is 0 Å². The minimum Gasteiger partial charge on any atom is -0.464 e. The molecule has 0 aliphatic carbocycles. The van der Waals surface area contributed by atoms with Gasteiger partial charge in [-0.25, -0.2) is 4.79 Å². The number of aromatic nitrogens is 1. The minimum atomic E-state index is -2.05. The second-order valence-corrected chi connectivity index (χ2v) is 7.84. The van der Waals surface area contributed by atoms with Crippen molar-refractivity contribution in [1.82, 2.24) is 4.57 Å². The van der Waals surface area contributed by atoms with Crippen LogP contribution < -0.4 is 0 Å². The zero-order chi connectivity index (χ0) is 16.2. The molecule has 0 aromatic carbocycles. The van der Waals surface area contributed by atoms with Crippen molar-refractivity contribution < 1.29 is 14.3 Å². The van der Waals surface area contributed by atoms with Crippen molar-refractivity contribution in [3.63, 3.8) is 0 Å². The Labute approximate surface area is 143 Å². The minimum absolute atomic E-state index is 0.173. The van der Waals surface area contributed by atoms with Crippen molar-refractivity contribution in [2.45, 2.75) is 17.3 Å². The lowest BCUT2D eigenvalue weighted by Crippen LogP contribution is -2.18. The van der Waals surface area contributed by atoms with E-state index in [9.17, 15) is 9.59 Å². The molecule has 1 aromatic heterocycles. The van der Waals surface area contributed by atoms with Crippen molar-refractivity contribution in [1.29, 1.82) is 0 Å². The number of hydrogen-bond donors (Lipinski definition) is 0. The highest BCUT2D eigenvalue weighted by atomic mass is 35.6. The molecule has 0 aliphatic heterocycles. The highest BCUT2D eigenvalue weighted by molar-refractivity contribution is 7.98. The molecule has 4 nitrogen and oxygen atoms in total. The van der Waals surface area contributed by atoms with Crippen LogP contribution in [0.5, 0.6) is 0 Å². The summed E-state index contributed by atoms with van der Waals surface area (Å²) in [6, 6.07) is 1.39. The highest BCUT2D eigenvalue weighted by Gasteiger charge is 2.33. The number of ketones is 1. The van der Waals surface area contributed by atoms with Crippen molar-refractivity contribution in [2.75, 3.05) is 19.1 Å². The van der Waals surface area contributed by atoms with Crippen molar-refractivity contribution in [3.05, 3.63) is 23.5 Å². The van der Waals surface area contributed by atoms with E-state index in [0.717, 1.165) is 5.75 Å². The predicted octanol–water partition coefficient (Wildman–Crippen LogP) is 3.83. The number of alkyl halides is 3. The summed E-state index contributed by atoms with van der Waals surface area (Å²) in [4.78, 5) is 23.8. The van der Waals surface area contributed by atoms with Gasteiger partial charge in [-0.2, -0.15) is 11.8 Å². The van der Waals surface area contributed by atoms with E-state index in [2.05, 4.69) is 0 Å². The Morgan fingerprint density at radius 3 is 2.52 bits per heavy atom. The van der Waals surface area contributed by atoms with Gasteiger partial charge in [-0.1, -0.05) is 41.7 Å². The van der Waals surface area contributed by atoms with Gasteiger partial charge in [0.25, 0.3) is 3.79 Å². The van der Waals surface area contributed by atoms with E-state index in [1.165, 1.54) is 19.4 Å². The standard InChI is InChI=1S/C13H16Cl3NO3S/c1-8(7-21-3)5-17-6-9(11(18)13(14,15)16)4-10(17)12(19)20-2/h4,6,8H,5,7H2,1-3H3. The summed E-state index contributed by atoms with van der Waals surface area (Å²) in [5, 5.41) is 0. The predicted molar refractivity (Wildman–Crippen MR) is 87.9 cm³/mol. The summed E-state index contributed by atoms with van der Waals surface area (Å²) in [7, 11) is 1.28. The number of Topliss-reactive ketones (excluding diaryl/α,β-unsaturated/α-hetero) is 1. The zero-order valence-corrected chi connectivity index (χ0v) is 14.9. The van der Waals surface area contributed by atoms with Crippen LogP contribution in [0.3, 0.4) is 0 Å². The SMILES string of the molecule is COC(=O)c1cc(C(=O)C(Cl)(Cl)Cl)cn1CC(C)CSC. The first-order chi connectivity index (χ1) is 9.70. The van der Waals surface area contributed by atoms with Crippen molar-refractivity contribution in [2.24, 2.45) is 5.92 Å². The molecule has 21 heavy (non-hydrogen) atoms. The van der Waals surface area contributed by atoms with Crippen LogP contribution in [0.1, 0.15) is 27.8 Å². The van der Waals surface area contributed by atoms with Crippen LogP contribution in [0.25, 0.3) is 0 Å². The lowest BCUT2D eigenvalue weighted by atomic mass is 10.2. The molecule has 0 saturated carbocycles. The molecule has 1 heterocycles. The second-order valence-electron chi connectivity index (χ2n) is 4.65. The first-order valence-corrected chi connectivity index (χ1v) is 8.62. The molecule has 118 valence electrons. The third kappa shape index (κ3) is 5.09. The van der Waals surface area contributed by atoms with Gasteiger partial charge in [-0.3, -0.25) is 4.79 Å². The number of halogens is 3. The van der Waals surface area contributed by atoms with E-state index >= 15 is 0 Å². The van der Waals surface area contributed by atoms with Crippen LogP contribution in [-0.2, 0) is 11.3 Å². The van der Waals surface area contributed by atoms with E-state index in [-0.39, 0.29) is 11.3 Å². The summed E-state index contributed by atoms with van der Waals surface area (Å²) < 4.78 is 4.33. The number of carbonyl (C=O) groups is 2. The molecular formula is C13H16Cl3NO3S. The molecule has 0 spiro atoms. The quantitative estimate of drug-likeness (QED) is 0.432. The molecule has 0 fully saturated rings. The maximum absolute atomic E-state index is 12.0. The smallest absolute Gasteiger partial charge is 0.354 e. The van der Waals surface area contributed by atoms with Gasteiger partial charge < -0.3 is 9.30 Å². The Bertz CT molecular complexity index is 525. The fourth-order valence-corrected chi connectivity index (χ4v) is 2.90. The number of nitrogens with zero attached hydrogens (tertiary/aromatic N) is 1. The number of esters is 1. The van der Waals surface area contributed by atoms with E-state index in [1.54, 1.807) is 16.3 Å². The van der Waals surface area contributed by atoms with E-state index in [0.29, 0.717) is 12.5 Å². The maximum Gasteiger partial charge on any atom is 0.354 e. The Kier molecular flexibility index (Phi) is 6.91. The number of carbonyl (C=O) groups excluding carboxylic acids is 2. The van der Waals surface area contributed by atoms with Gasteiger partial charge in [0.05, 0.1) is 7.11 Å². The number of hydrogen-bond acceptors (Lipinski definition) is 4.